The number of carbonyl (C=O) groups excluding carboxylic acids is 1. The van der Waals surface area contributed by atoms with E-state index in [1.165, 1.54) is 17.0 Å². The summed E-state index contributed by atoms with van der Waals surface area (Å²) >= 11 is 0. The standard InChI is InChI=1S/C18H23FN4O2/c1-13-17(18(25)22-9-7-21(8-10-22)11-12-24)14(2)23(20-13)16-5-3-15(19)4-6-16/h3-6,24H,7-12H2,1-2H3/p+1. The summed E-state index contributed by atoms with van der Waals surface area (Å²) in [5.74, 6) is -0.309. The van der Waals surface area contributed by atoms with Gasteiger partial charge in [0, 0.05) is 0 Å². The number of nitrogens with one attached hydrogen (secondary N) is 1. The highest BCUT2D eigenvalue weighted by Crippen LogP contribution is 2.20. The Bertz CT molecular complexity index is 749. The van der Waals surface area contributed by atoms with Gasteiger partial charge >= 0.3 is 0 Å². The first kappa shape index (κ1) is 17.6. The molecule has 0 saturated carbocycles. The number of aromatic nitrogens is 2. The number of amides is 1. The van der Waals surface area contributed by atoms with Gasteiger partial charge in [0.05, 0.1) is 55.4 Å². The Hall–Kier alpha value is -2.25. The van der Waals surface area contributed by atoms with Crippen molar-refractivity contribution in [2.45, 2.75) is 13.8 Å². The molecule has 3 rings (SSSR count). The molecule has 0 bridgehead atoms. The summed E-state index contributed by atoms with van der Waals surface area (Å²) in [5, 5.41) is 13.5. The van der Waals surface area contributed by atoms with Crippen molar-refractivity contribution in [3.05, 3.63) is 47.0 Å². The number of quaternary nitrogens is 1. The van der Waals surface area contributed by atoms with Crippen LogP contribution in [0.15, 0.2) is 24.3 Å². The van der Waals surface area contributed by atoms with Crippen molar-refractivity contribution in [1.82, 2.24) is 14.7 Å². The first-order valence-corrected chi connectivity index (χ1v) is 8.57. The molecule has 0 spiro atoms. The molecule has 7 heteroatoms. The third-order valence-electron chi connectivity index (χ3n) is 4.80. The van der Waals surface area contributed by atoms with Crippen LogP contribution in [0.25, 0.3) is 5.69 Å². The van der Waals surface area contributed by atoms with Crippen molar-refractivity contribution >= 4 is 5.91 Å². The molecule has 1 amide bonds. The predicted octanol–water partition coefficient (Wildman–Crippen LogP) is -0.0388. The van der Waals surface area contributed by atoms with Crippen molar-refractivity contribution in [3.8, 4) is 5.69 Å². The maximum absolute atomic E-state index is 13.1. The second kappa shape index (κ2) is 7.33. The van der Waals surface area contributed by atoms with Crippen molar-refractivity contribution < 1.29 is 19.2 Å². The van der Waals surface area contributed by atoms with Crippen LogP contribution in [-0.2, 0) is 0 Å². The molecule has 6 nitrogen and oxygen atoms in total. The van der Waals surface area contributed by atoms with Gasteiger partial charge in [0.2, 0.25) is 0 Å². The van der Waals surface area contributed by atoms with Gasteiger partial charge in [-0.2, -0.15) is 5.10 Å². The molecule has 25 heavy (non-hydrogen) atoms. The molecule has 1 saturated heterocycles. The minimum atomic E-state index is -0.301. The van der Waals surface area contributed by atoms with E-state index in [2.05, 4.69) is 5.10 Å². The van der Waals surface area contributed by atoms with E-state index >= 15 is 0 Å². The van der Waals surface area contributed by atoms with Gasteiger partial charge in [0.1, 0.15) is 12.4 Å². The van der Waals surface area contributed by atoms with E-state index in [-0.39, 0.29) is 18.3 Å². The number of halogens is 1. The minimum absolute atomic E-state index is 0.00795. The zero-order chi connectivity index (χ0) is 18.0. The quantitative estimate of drug-likeness (QED) is 0.816. The van der Waals surface area contributed by atoms with Crippen molar-refractivity contribution in [3.63, 3.8) is 0 Å². The van der Waals surface area contributed by atoms with Gasteiger partial charge < -0.3 is 14.9 Å². The molecule has 0 atom stereocenters. The van der Waals surface area contributed by atoms with Gasteiger partial charge in [-0.15, -0.1) is 0 Å². The lowest BCUT2D eigenvalue weighted by molar-refractivity contribution is -0.904. The molecule has 1 aromatic heterocycles. The van der Waals surface area contributed by atoms with Gasteiger partial charge in [-0.1, -0.05) is 0 Å². The Kier molecular flexibility index (Phi) is 5.15. The van der Waals surface area contributed by atoms with Crippen LogP contribution in [0.3, 0.4) is 0 Å². The number of hydrogen-bond donors (Lipinski definition) is 2. The Morgan fingerprint density at radius 1 is 1.24 bits per heavy atom. The lowest BCUT2D eigenvalue weighted by Gasteiger charge is -2.32. The number of aryl methyl sites for hydroxylation is 1. The number of aliphatic hydroxyl groups is 1. The van der Waals surface area contributed by atoms with E-state index in [1.54, 1.807) is 16.8 Å². The Morgan fingerprint density at radius 3 is 2.48 bits per heavy atom. The monoisotopic (exact) mass is 347 g/mol. The number of rotatable bonds is 4. The van der Waals surface area contributed by atoms with E-state index in [0.717, 1.165) is 31.0 Å². The molecule has 0 unspecified atom stereocenters. The third kappa shape index (κ3) is 3.57. The van der Waals surface area contributed by atoms with Crippen molar-refractivity contribution in [2.24, 2.45) is 0 Å². The minimum Gasteiger partial charge on any atom is -0.391 e. The fraction of sp³-hybridized carbons (Fsp3) is 0.444. The van der Waals surface area contributed by atoms with Crippen molar-refractivity contribution in [2.75, 3.05) is 39.3 Å². The number of nitrogens with zero attached hydrogens (tertiary/aromatic N) is 3. The van der Waals surface area contributed by atoms with Crippen LogP contribution >= 0.6 is 0 Å². The summed E-state index contributed by atoms with van der Waals surface area (Å²) < 4.78 is 14.8. The molecule has 1 aromatic carbocycles. The lowest BCUT2D eigenvalue weighted by atomic mass is 10.1. The Morgan fingerprint density at radius 2 is 1.88 bits per heavy atom. The molecule has 2 heterocycles. The second-order valence-corrected chi connectivity index (χ2v) is 6.45. The lowest BCUT2D eigenvalue weighted by Crippen LogP contribution is -3.15. The topological polar surface area (TPSA) is 62.8 Å². The van der Waals surface area contributed by atoms with Gasteiger partial charge in [0.25, 0.3) is 5.91 Å². The summed E-state index contributed by atoms with van der Waals surface area (Å²) in [4.78, 5) is 16.1. The molecular weight excluding hydrogens is 323 g/mol. The molecule has 2 N–H and O–H groups in total. The SMILES string of the molecule is Cc1nn(-c2ccc(F)cc2)c(C)c1C(=O)N1CC[NH+](CCO)CC1. The zero-order valence-electron chi connectivity index (χ0n) is 14.6. The van der Waals surface area contributed by atoms with Crippen LogP contribution in [0.4, 0.5) is 4.39 Å². The smallest absolute Gasteiger partial charge is 0.258 e. The Balaban J connectivity index is 1.81. The van der Waals surface area contributed by atoms with Crippen LogP contribution < -0.4 is 4.90 Å². The molecular formula is C18H24FN4O2+. The molecule has 1 fully saturated rings. The highest BCUT2D eigenvalue weighted by molar-refractivity contribution is 5.96. The first-order valence-electron chi connectivity index (χ1n) is 8.57. The summed E-state index contributed by atoms with van der Waals surface area (Å²) in [5.41, 5.74) is 2.80. The average molecular weight is 347 g/mol. The average Bonchev–Trinajstić information content (AvgIpc) is 2.90. The Labute approximate surface area is 146 Å². The molecule has 0 radical (unpaired) electrons. The maximum atomic E-state index is 13.1. The first-order chi connectivity index (χ1) is 12.0. The van der Waals surface area contributed by atoms with Gasteiger partial charge in [-0.05, 0) is 38.1 Å². The van der Waals surface area contributed by atoms with Gasteiger partial charge in [-0.25, -0.2) is 9.07 Å². The number of piperazine rings is 1. The predicted molar refractivity (Wildman–Crippen MR) is 91.5 cm³/mol. The molecule has 1 aliphatic heterocycles. The third-order valence-corrected chi connectivity index (χ3v) is 4.80. The van der Waals surface area contributed by atoms with E-state index in [9.17, 15) is 9.18 Å². The zero-order valence-corrected chi connectivity index (χ0v) is 14.6. The summed E-state index contributed by atoms with van der Waals surface area (Å²) in [6, 6.07) is 6.08. The van der Waals surface area contributed by atoms with Crippen LogP contribution in [0.5, 0.6) is 0 Å². The summed E-state index contributed by atoms with van der Waals surface area (Å²) in [7, 11) is 0. The summed E-state index contributed by atoms with van der Waals surface area (Å²) in [6.07, 6.45) is 0. The normalized spacial score (nSPS) is 15.6. The van der Waals surface area contributed by atoms with Crippen LogP contribution in [0.2, 0.25) is 0 Å². The van der Waals surface area contributed by atoms with Crippen molar-refractivity contribution in [1.29, 1.82) is 0 Å². The highest BCUT2D eigenvalue weighted by atomic mass is 19.1. The number of aliphatic hydroxyl groups excluding tert-OH is 1. The molecule has 0 aliphatic carbocycles. The van der Waals surface area contributed by atoms with Crippen LogP contribution in [-0.4, -0.2) is 65.0 Å². The molecule has 134 valence electrons. The van der Waals surface area contributed by atoms with Gasteiger partial charge in [0.15, 0.2) is 0 Å². The largest absolute Gasteiger partial charge is 0.391 e. The fourth-order valence-electron chi connectivity index (χ4n) is 3.38. The van der Waals surface area contributed by atoms with Gasteiger partial charge in [-0.3, -0.25) is 4.79 Å². The fourth-order valence-corrected chi connectivity index (χ4v) is 3.38. The van der Waals surface area contributed by atoms with E-state index in [0.29, 0.717) is 24.3 Å². The number of benzene rings is 1. The van der Waals surface area contributed by atoms with Crippen LogP contribution in [0.1, 0.15) is 21.7 Å². The summed E-state index contributed by atoms with van der Waals surface area (Å²) in [6.45, 7) is 7.63. The van der Waals surface area contributed by atoms with E-state index < -0.39 is 0 Å². The van der Waals surface area contributed by atoms with Crippen LogP contribution in [0, 0.1) is 19.7 Å². The highest BCUT2D eigenvalue weighted by Gasteiger charge is 2.28. The number of carbonyl (C=O) groups is 1. The maximum Gasteiger partial charge on any atom is 0.258 e. The van der Waals surface area contributed by atoms with E-state index in [4.69, 9.17) is 5.11 Å². The second-order valence-electron chi connectivity index (χ2n) is 6.45. The van der Waals surface area contributed by atoms with E-state index in [1.807, 2.05) is 18.7 Å². The number of hydrogen-bond acceptors (Lipinski definition) is 3. The molecule has 2 aromatic rings. The molecule has 1 aliphatic rings.